The van der Waals surface area contributed by atoms with E-state index in [0.717, 1.165) is 23.9 Å². The van der Waals surface area contributed by atoms with Gasteiger partial charge in [-0.2, -0.15) is 0 Å². The summed E-state index contributed by atoms with van der Waals surface area (Å²) >= 11 is 7.44. The first-order valence-electron chi connectivity index (χ1n) is 5.12. The van der Waals surface area contributed by atoms with E-state index in [1.54, 1.807) is 11.3 Å². The third-order valence-corrected chi connectivity index (χ3v) is 4.06. The van der Waals surface area contributed by atoms with Crippen molar-refractivity contribution in [3.05, 3.63) is 11.1 Å². The Hall–Kier alpha value is -0.320. The molecule has 0 bridgehead atoms. The van der Waals surface area contributed by atoms with Gasteiger partial charge in [0.2, 0.25) is 0 Å². The van der Waals surface area contributed by atoms with E-state index < -0.39 is 0 Å². The van der Waals surface area contributed by atoms with Gasteiger partial charge in [-0.05, 0) is 20.5 Å². The molecule has 1 aliphatic rings. The molecule has 0 amide bonds. The summed E-state index contributed by atoms with van der Waals surface area (Å²) in [5, 5.41) is 3.17. The maximum atomic E-state index is 5.74. The van der Waals surface area contributed by atoms with E-state index in [1.807, 2.05) is 5.38 Å². The number of hydrogen-bond donors (Lipinski definition) is 0. The standard InChI is InChI=1S/C10H16ClN3S/c1-13(2)9-3-4-14(6-9)10-12-8(5-11)7-15-10/h7,9H,3-6H2,1-2H3. The van der Waals surface area contributed by atoms with Crippen LogP contribution in [0.1, 0.15) is 12.1 Å². The van der Waals surface area contributed by atoms with Gasteiger partial charge >= 0.3 is 0 Å². The quantitative estimate of drug-likeness (QED) is 0.760. The van der Waals surface area contributed by atoms with E-state index in [4.69, 9.17) is 11.6 Å². The van der Waals surface area contributed by atoms with Crippen LogP contribution in [0.2, 0.25) is 0 Å². The molecular formula is C10H16ClN3S. The summed E-state index contributed by atoms with van der Waals surface area (Å²) < 4.78 is 0. The molecular weight excluding hydrogens is 230 g/mol. The molecule has 0 saturated carbocycles. The molecule has 0 aromatic carbocycles. The normalized spacial score (nSPS) is 21.6. The van der Waals surface area contributed by atoms with Crippen LogP contribution in [0.4, 0.5) is 5.13 Å². The molecule has 1 atom stereocenters. The molecule has 0 spiro atoms. The molecule has 1 saturated heterocycles. The monoisotopic (exact) mass is 245 g/mol. The first-order valence-corrected chi connectivity index (χ1v) is 6.54. The van der Waals surface area contributed by atoms with Crippen molar-refractivity contribution in [3.8, 4) is 0 Å². The third-order valence-electron chi connectivity index (χ3n) is 2.84. The highest BCUT2D eigenvalue weighted by atomic mass is 35.5. The van der Waals surface area contributed by atoms with E-state index in [-0.39, 0.29) is 0 Å². The second-order valence-corrected chi connectivity index (χ2v) is 5.21. The molecule has 2 rings (SSSR count). The summed E-state index contributed by atoms with van der Waals surface area (Å²) in [5.41, 5.74) is 0.991. The summed E-state index contributed by atoms with van der Waals surface area (Å²) in [7, 11) is 4.28. The van der Waals surface area contributed by atoms with Crippen molar-refractivity contribution in [2.75, 3.05) is 32.1 Å². The van der Waals surface area contributed by atoms with Crippen LogP contribution in [0.15, 0.2) is 5.38 Å². The number of anilines is 1. The van der Waals surface area contributed by atoms with Gasteiger partial charge in [-0.1, -0.05) is 0 Å². The molecule has 1 aliphatic heterocycles. The zero-order chi connectivity index (χ0) is 10.8. The number of thiazole rings is 1. The van der Waals surface area contributed by atoms with E-state index in [2.05, 4.69) is 28.9 Å². The lowest BCUT2D eigenvalue weighted by Crippen LogP contribution is -2.31. The van der Waals surface area contributed by atoms with Crippen LogP contribution < -0.4 is 4.90 Å². The van der Waals surface area contributed by atoms with Crippen molar-refractivity contribution in [2.24, 2.45) is 0 Å². The second kappa shape index (κ2) is 4.68. The van der Waals surface area contributed by atoms with Crippen LogP contribution in [-0.4, -0.2) is 43.1 Å². The van der Waals surface area contributed by atoms with E-state index in [1.165, 1.54) is 6.42 Å². The van der Waals surface area contributed by atoms with Crippen LogP contribution in [-0.2, 0) is 5.88 Å². The first-order chi connectivity index (χ1) is 7.20. The third kappa shape index (κ3) is 2.44. The zero-order valence-corrected chi connectivity index (χ0v) is 10.7. The van der Waals surface area contributed by atoms with Crippen molar-refractivity contribution in [1.29, 1.82) is 0 Å². The molecule has 1 fully saturated rings. The topological polar surface area (TPSA) is 19.4 Å². The van der Waals surface area contributed by atoms with Gasteiger partial charge in [0.25, 0.3) is 0 Å². The van der Waals surface area contributed by atoms with E-state index >= 15 is 0 Å². The predicted molar refractivity (Wildman–Crippen MR) is 66.0 cm³/mol. The summed E-state index contributed by atoms with van der Waals surface area (Å²) in [5.74, 6) is 0.515. The minimum Gasteiger partial charge on any atom is -0.346 e. The number of nitrogens with zero attached hydrogens (tertiary/aromatic N) is 3. The average molecular weight is 246 g/mol. The van der Waals surface area contributed by atoms with Gasteiger partial charge in [0.1, 0.15) is 0 Å². The molecule has 1 aromatic heterocycles. The second-order valence-electron chi connectivity index (χ2n) is 4.11. The Labute approximate surface area is 99.7 Å². The minimum absolute atomic E-state index is 0.515. The molecule has 0 aliphatic carbocycles. The van der Waals surface area contributed by atoms with Crippen LogP contribution >= 0.6 is 22.9 Å². The molecule has 15 heavy (non-hydrogen) atoms. The Morgan fingerprint density at radius 1 is 1.67 bits per heavy atom. The van der Waals surface area contributed by atoms with Crippen LogP contribution in [0, 0.1) is 0 Å². The molecule has 1 aromatic rings. The summed E-state index contributed by atoms with van der Waals surface area (Å²) in [6.45, 7) is 2.19. The molecule has 0 N–H and O–H groups in total. The fraction of sp³-hybridized carbons (Fsp3) is 0.700. The molecule has 5 heteroatoms. The van der Waals surface area contributed by atoms with Crippen molar-refractivity contribution >= 4 is 28.1 Å². The summed E-state index contributed by atoms with van der Waals surface area (Å²) in [6.07, 6.45) is 1.22. The van der Waals surface area contributed by atoms with Crippen LogP contribution in [0.5, 0.6) is 0 Å². The Balaban J connectivity index is 2.01. The number of alkyl halides is 1. The number of aromatic nitrogens is 1. The number of rotatable bonds is 3. The number of halogens is 1. The van der Waals surface area contributed by atoms with Gasteiger partial charge < -0.3 is 9.80 Å². The van der Waals surface area contributed by atoms with E-state index in [0.29, 0.717) is 11.9 Å². The van der Waals surface area contributed by atoms with Crippen molar-refractivity contribution < 1.29 is 0 Å². The van der Waals surface area contributed by atoms with Gasteiger partial charge in [-0.15, -0.1) is 22.9 Å². The van der Waals surface area contributed by atoms with Crippen molar-refractivity contribution in [3.63, 3.8) is 0 Å². The Kier molecular flexibility index (Phi) is 3.49. The molecule has 2 heterocycles. The molecule has 3 nitrogen and oxygen atoms in total. The Bertz CT molecular complexity index is 326. The van der Waals surface area contributed by atoms with E-state index in [9.17, 15) is 0 Å². The average Bonchev–Trinajstić information content (AvgIpc) is 2.86. The zero-order valence-electron chi connectivity index (χ0n) is 9.11. The van der Waals surface area contributed by atoms with Gasteiger partial charge in [-0.3, -0.25) is 0 Å². The summed E-state index contributed by atoms with van der Waals surface area (Å²) in [4.78, 5) is 9.14. The maximum Gasteiger partial charge on any atom is 0.185 e. The Morgan fingerprint density at radius 3 is 3.00 bits per heavy atom. The lowest BCUT2D eigenvalue weighted by molar-refractivity contribution is 0.315. The maximum absolute atomic E-state index is 5.74. The first kappa shape index (κ1) is 11.2. The highest BCUT2D eigenvalue weighted by Gasteiger charge is 2.25. The highest BCUT2D eigenvalue weighted by Crippen LogP contribution is 2.26. The van der Waals surface area contributed by atoms with Gasteiger partial charge in [0, 0.05) is 24.5 Å². The summed E-state index contributed by atoms with van der Waals surface area (Å²) in [6, 6.07) is 0.661. The van der Waals surface area contributed by atoms with Crippen molar-refractivity contribution in [1.82, 2.24) is 9.88 Å². The molecule has 0 radical (unpaired) electrons. The molecule has 1 unspecified atom stereocenters. The molecule has 84 valence electrons. The smallest absolute Gasteiger partial charge is 0.185 e. The van der Waals surface area contributed by atoms with Gasteiger partial charge in [-0.25, -0.2) is 4.98 Å². The fourth-order valence-corrected chi connectivity index (χ4v) is 2.93. The predicted octanol–water partition coefficient (Wildman–Crippen LogP) is 2.02. The lowest BCUT2D eigenvalue weighted by Gasteiger charge is -2.19. The van der Waals surface area contributed by atoms with Gasteiger partial charge in [0.15, 0.2) is 5.13 Å². The minimum atomic E-state index is 0.515. The largest absolute Gasteiger partial charge is 0.346 e. The number of likely N-dealkylation sites (N-methyl/N-ethyl adjacent to an activating group) is 1. The Morgan fingerprint density at radius 2 is 2.47 bits per heavy atom. The highest BCUT2D eigenvalue weighted by molar-refractivity contribution is 7.13. The number of hydrogen-bond acceptors (Lipinski definition) is 4. The van der Waals surface area contributed by atoms with Crippen LogP contribution in [0.25, 0.3) is 0 Å². The van der Waals surface area contributed by atoms with Gasteiger partial charge in [0.05, 0.1) is 11.6 Å². The lowest BCUT2D eigenvalue weighted by atomic mass is 10.2. The van der Waals surface area contributed by atoms with Crippen molar-refractivity contribution in [2.45, 2.75) is 18.3 Å². The fourth-order valence-electron chi connectivity index (χ4n) is 1.84. The van der Waals surface area contributed by atoms with Crippen LogP contribution in [0.3, 0.4) is 0 Å². The SMILES string of the molecule is CN(C)C1CCN(c2nc(CCl)cs2)C1.